The Morgan fingerprint density at radius 1 is 1.00 bits per heavy atom. The fourth-order valence-electron chi connectivity index (χ4n) is 5.74. The van der Waals surface area contributed by atoms with Crippen LogP contribution in [0.25, 0.3) is 44.3 Å². The van der Waals surface area contributed by atoms with Crippen LogP contribution >= 0.6 is 0 Å². The fourth-order valence-corrected chi connectivity index (χ4v) is 6.50. The van der Waals surface area contributed by atoms with E-state index in [1.54, 1.807) is 22.0 Å². The number of rotatable bonds is 9. The predicted octanol–water partition coefficient (Wildman–Crippen LogP) is 7.14. The van der Waals surface area contributed by atoms with E-state index < -0.39 is 13.7 Å². The molecule has 12 heteroatoms. The van der Waals surface area contributed by atoms with Crippen molar-refractivity contribution in [1.29, 1.82) is 0 Å². The molecule has 6 heterocycles. The van der Waals surface area contributed by atoms with Gasteiger partial charge < -0.3 is 19.1 Å². The second kappa shape index (κ2) is 13.1. The van der Waals surface area contributed by atoms with Crippen molar-refractivity contribution in [1.82, 2.24) is 34.2 Å². The predicted molar refractivity (Wildman–Crippen MR) is 186 cm³/mol. The van der Waals surface area contributed by atoms with Gasteiger partial charge in [-0.15, -0.1) is 0 Å². The number of aryl methyl sites for hydroxylation is 1. The van der Waals surface area contributed by atoms with Gasteiger partial charge in [0.2, 0.25) is 0 Å². The standard InChI is InChI=1S/C35H45N7O4Si/c1-35(2,3)46-34(43)41-12-9-26(10-13-41)45-32-8-11-36-20-29(32)30-17-27-28-16-24(25-19-39-40(4)22-25)18-38-33(28)42(31(27)21-37-30)23-44-14-15-47(5,6)7/h8,11,16-22,26H,9-10,12-15,23H2,1-7H3. The van der Waals surface area contributed by atoms with E-state index in [2.05, 4.69) is 46.4 Å². The first kappa shape index (κ1) is 32.6. The van der Waals surface area contributed by atoms with Gasteiger partial charge in [0.25, 0.3) is 0 Å². The summed E-state index contributed by atoms with van der Waals surface area (Å²) >= 11 is 0. The molecule has 1 saturated heterocycles. The van der Waals surface area contributed by atoms with Crippen molar-refractivity contribution in [3.05, 3.63) is 55.4 Å². The molecule has 6 rings (SSSR count). The minimum absolute atomic E-state index is 0.0416. The Labute approximate surface area is 276 Å². The highest BCUT2D eigenvalue weighted by Gasteiger charge is 2.28. The largest absolute Gasteiger partial charge is 0.489 e. The molecule has 0 spiro atoms. The molecule has 0 unspecified atom stereocenters. The molecule has 1 amide bonds. The number of aromatic nitrogens is 6. The zero-order chi connectivity index (χ0) is 33.3. The van der Waals surface area contributed by atoms with E-state index in [-0.39, 0.29) is 12.2 Å². The lowest BCUT2D eigenvalue weighted by Gasteiger charge is -2.33. The Morgan fingerprint density at radius 3 is 2.49 bits per heavy atom. The number of carbonyl (C=O) groups excluding carboxylic acids is 1. The molecule has 11 nitrogen and oxygen atoms in total. The number of carbonyl (C=O) groups is 1. The van der Waals surface area contributed by atoms with Crippen LogP contribution in [-0.4, -0.2) is 79.8 Å². The van der Waals surface area contributed by atoms with Crippen LogP contribution in [0.15, 0.2) is 55.4 Å². The maximum atomic E-state index is 12.6. The molecule has 5 aromatic heterocycles. The first-order valence-corrected chi connectivity index (χ1v) is 20.0. The van der Waals surface area contributed by atoms with Gasteiger partial charge in [-0.05, 0) is 45.0 Å². The zero-order valence-corrected chi connectivity index (χ0v) is 29.5. The van der Waals surface area contributed by atoms with E-state index in [0.29, 0.717) is 39.3 Å². The average molecular weight is 656 g/mol. The number of hydrogen-bond donors (Lipinski definition) is 0. The molecule has 0 bridgehead atoms. The van der Waals surface area contributed by atoms with E-state index in [0.717, 1.165) is 56.1 Å². The highest BCUT2D eigenvalue weighted by Crippen LogP contribution is 2.36. The normalized spacial score (nSPS) is 14.7. The Balaban J connectivity index is 1.30. The van der Waals surface area contributed by atoms with Gasteiger partial charge in [0.15, 0.2) is 0 Å². The summed E-state index contributed by atoms with van der Waals surface area (Å²) in [5, 5.41) is 6.40. The first-order valence-electron chi connectivity index (χ1n) is 16.3. The van der Waals surface area contributed by atoms with Gasteiger partial charge >= 0.3 is 6.09 Å². The quantitative estimate of drug-likeness (QED) is 0.122. The van der Waals surface area contributed by atoms with E-state index >= 15 is 0 Å². The lowest BCUT2D eigenvalue weighted by Crippen LogP contribution is -2.44. The van der Waals surface area contributed by atoms with E-state index in [4.69, 9.17) is 24.2 Å². The highest BCUT2D eigenvalue weighted by atomic mass is 28.3. The van der Waals surface area contributed by atoms with Crippen molar-refractivity contribution in [2.24, 2.45) is 7.05 Å². The second-order valence-corrected chi connectivity index (χ2v) is 20.1. The number of likely N-dealkylation sites (tertiary alicyclic amines) is 1. The van der Waals surface area contributed by atoms with Gasteiger partial charge in [-0.2, -0.15) is 5.10 Å². The summed E-state index contributed by atoms with van der Waals surface area (Å²) in [6, 6.07) is 7.25. The Morgan fingerprint density at radius 2 is 1.79 bits per heavy atom. The maximum absolute atomic E-state index is 12.6. The van der Waals surface area contributed by atoms with Gasteiger partial charge in [0, 0.05) is 94.3 Å². The molecule has 0 aliphatic carbocycles. The number of ether oxygens (including phenoxy) is 3. The summed E-state index contributed by atoms with van der Waals surface area (Å²) in [4.78, 5) is 28.6. The fraction of sp³-hybridized carbons (Fsp3) is 0.457. The van der Waals surface area contributed by atoms with E-state index in [1.165, 1.54) is 0 Å². The van der Waals surface area contributed by atoms with E-state index in [9.17, 15) is 4.79 Å². The Bertz CT molecular complexity index is 1880. The summed E-state index contributed by atoms with van der Waals surface area (Å²) in [6.07, 6.45) is 12.3. The zero-order valence-electron chi connectivity index (χ0n) is 28.5. The molecule has 1 aliphatic heterocycles. The summed E-state index contributed by atoms with van der Waals surface area (Å²) in [6.45, 7) is 15.0. The summed E-state index contributed by atoms with van der Waals surface area (Å²) in [5.41, 5.74) is 4.85. The molecule has 0 radical (unpaired) electrons. The highest BCUT2D eigenvalue weighted by molar-refractivity contribution is 6.76. The molecule has 0 aromatic carbocycles. The lowest BCUT2D eigenvalue weighted by molar-refractivity contribution is 0.0127. The van der Waals surface area contributed by atoms with Crippen molar-refractivity contribution < 1.29 is 19.0 Å². The number of fused-ring (bicyclic) bond motifs is 3. The van der Waals surface area contributed by atoms with Gasteiger partial charge in [0.1, 0.15) is 29.8 Å². The van der Waals surface area contributed by atoms with Crippen molar-refractivity contribution in [3.63, 3.8) is 0 Å². The molecule has 248 valence electrons. The lowest BCUT2D eigenvalue weighted by atomic mass is 10.1. The molecule has 0 saturated carbocycles. The molecule has 1 aliphatic rings. The minimum atomic E-state index is -1.22. The molecule has 0 N–H and O–H groups in total. The Hall–Kier alpha value is -4.29. The van der Waals surface area contributed by atoms with Crippen LogP contribution in [0.2, 0.25) is 25.7 Å². The van der Waals surface area contributed by atoms with Crippen LogP contribution in [0.3, 0.4) is 0 Å². The van der Waals surface area contributed by atoms with E-state index in [1.807, 2.05) is 58.7 Å². The third-order valence-electron chi connectivity index (χ3n) is 8.29. The maximum Gasteiger partial charge on any atom is 0.410 e. The molecule has 0 atom stereocenters. The minimum Gasteiger partial charge on any atom is -0.489 e. The number of nitrogens with zero attached hydrogens (tertiary/aromatic N) is 7. The van der Waals surface area contributed by atoms with Gasteiger partial charge in [-0.25, -0.2) is 9.78 Å². The van der Waals surface area contributed by atoms with Crippen LogP contribution in [0.1, 0.15) is 33.6 Å². The Kier molecular flexibility index (Phi) is 9.08. The number of pyridine rings is 3. The number of hydrogen-bond acceptors (Lipinski definition) is 8. The molecule has 5 aromatic rings. The number of piperidine rings is 1. The molecule has 1 fully saturated rings. The van der Waals surface area contributed by atoms with Crippen molar-refractivity contribution >= 4 is 36.1 Å². The summed E-state index contributed by atoms with van der Waals surface area (Å²) in [7, 11) is 0.687. The van der Waals surface area contributed by atoms with Crippen molar-refractivity contribution in [2.45, 2.75) is 77.7 Å². The smallest absolute Gasteiger partial charge is 0.410 e. The molecule has 47 heavy (non-hydrogen) atoms. The second-order valence-electron chi connectivity index (χ2n) is 14.5. The topological polar surface area (TPSA) is 109 Å². The monoisotopic (exact) mass is 655 g/mol. The van der Waals surface area contributed by atoms with Gasteiger partial charge in [-0.1, -0.05) is 19.6 Å². The SMILES string of the molecule is Cn1cc(-c2cnc3c(c2)c2cc(-c4cnccc4OC4CCN(C(=O)OC(C)(C)C)CC4)ncc2n3COCC[Si](C)(C)C)cn1. The van der Waals surface area contributed by atoms with Crippen LogP contribution in [-0.2, 0) is 23.3 Å². The molecular formula is C35H45N7O4Si. The van der Waals surface area contributed by atoms with Crippen LogP contribution < -0.4 is 4.74 Å². The summed E-state index contributed by atoms with van der Waals surface area (Å²) in [5.74, 6) is 0.718. The summed E-state index contributed by atoms with van der Waals surface area (Å²) < 4.78 is 22.2. The molecular weight excluding hydrogens is 611 g/mol. The van der Waals surface area contributed by atoms with Crippen LogP contribution in [0.5, 0.6) is 5.75 Å². The average Bonchev–Trinajstić information content (AvgIpc) is 3.59. The van der Waals surface area contributed by atoms with Gasteiger partial charge in [0.05, 0.1) is 29.2 Å². The van der Waals surface area contributed by atoms with Crippen LogP contribution in [0.4, 0.5) is 4.79 Å². The first-order chi connectivity index (χ1) is 22.3. The van der Waals surface area contributed by atoms with Crippen molar-refractivity contribution in [3.8, 4) is 28.1 Å². The number of amides is 1. The third kappa shape index (κ3) is 7.65. The van der Waals surface area contributed by atoms with Crippen molar-refractivity contribution in [2.75, 3.05) is 19.7 Å². The van der Waals surface area contributed by atoms with Crippen LogP contribution in [0, 0.1) is 0 Å². The van der Waals surface area contributed by atoms with Gasteiger partial charge in [-0.3, -0.25) is 19.2 Å². The third-order valence-corrected chi connectivity index (χ3v) is 9.99.